The predicted octanol–water partition coefficient (Wildman–Crippen LogP) is 2.36. The van der Waals surface area contributed by atoms with Crippen molar-refractivity contribution in [1.82, 2.24) is 4.98 Å². The summed E-state index contributed by atoms with van der Waals surface area (Å²) in [5.74, 6) is 0. The fourth-order valence-electron chi connectivity index (χ4n) is 2.15. The number of aryl methyl sites for hydroxylation is 1. The van der Waals surface area contributed by atoms with Crippen LogP contribution in [0.2, 0.25) is 0 Å². The standard InChI is InChI=1S/C11H8N2O2/c1-6-10(13(14)15)5-12-9-4-7-2-8(3-7)11(6)9/h2,4-5H,3H2,1H3. The van der Waals surface area contributed by atoms with E-state index < -0.39 is 0 Å². The first-order valence-electron chi connectivity index (χ1n) is 4.72. The van der Waals surface area contributed by atoms with Crippen LogP contribution >= 0.6 is 0 Å². The van der Waals surface area contributed by atoms with E-state index in [0.29, 0.717) is 0 Å². The summed E-state index contributed by atoms with van der Waals surface area (Å²) in [5, 5.41) is 11.7. The van der Waals surface area contributed by atoms with Crippen LogP contribution in [0, 0.1) is 17.0 Å². The maximum atomic E-state index is 10.8. The molecule has 2 aromatic rings. The molecule has 0 unspecified atom stereocenters. The Balaban J connectivity index is 2.43. The molecule has 4 nitrogen and oxygen atoms in total. The second-order valence-corrected chi connectivity index (χ2v) is 3.85. The van der Waals surface area contributed by atoms with Crippen molar-refractivity contribution < 1.29 is 4.92 Å². The van der Waals surface area contributed by atoms with Gasteiger partial charge in [-0.2, -0.15) is 0 Å². The van der Waals surface area contributed by atoms with Gasteiger partial charge in [0, 0.05) is 10.9 Å². The first kappa shape index (κ1) is 8.35. The molecule has 74 valence electrons. The van der Waals surface area contributed by atoms with E-state index in [1.165, 1.54) is 17.3 Å². The number of hydrogen-bond acceptors (Lipinski definition) is 3. The summed E-state index contributed by atoms with van der Waals surface area (Å²) >= 11 is 0. The van der Waals surface area contributed by atoms with E-state index in [1.807, 2.05) is 6.07 Å². The number of nitro groups is 1. The van der Waals surface area contributed by atoms with E-state index in [-0.39, 0.29) is 10.6 Å². The molecule has 2 aliphatic rings. The van der Waals surface area contributed by atoms with Gasteiger partial charge in [0.1, 0.15) is 6.20 Å². The largest absolute Gasteiger partial charge is 0.291 e. The summed E-state index contributed by atoms with van der Waals surface area (Å²) in [7, 11) is 0. The molecule has 2 bridgehead atoms. The van der Waals surface area contributed by atoms with E-state index >= 15 is 0 Å². The Morgan fingerprint density at radius 3 is 2.87 bits per heavy atom. The van der Waals surface area contributed by atoms with Crippen molar-refractivity contribution in [3.05, 3.63) is 45.1 Å². The van der Waals surface area contributed by atoms with E-state index in [1.54, 1.807) is 6.92 Å². The number of pyridine rings is 1. The first-order valence-corrected chi connectivity index (χ1v) is 4.72. The second kappa shape index (κ2) is 2.53. The van der Waals surface area contributed by atoms with E-state index in [4.69, 9.17) is 0 Å². The smallest absolute Gasteiger partial charge is 0.258 e. The van der Waals surface area contributed by atoms with E-state index in [2.05, 4.69) is 11.1 Å². The normalized spacial score (nSPS) is 12.6. The first-order chi connectivity index (χ1) is 7.16. The van der Waals surface area contributed by atoms with Crippen molar-refractivity contribution in [2.24, 2.45) is 0 Å². The molecule has 0 atom stereocenters. The molecule has 15 heavy (non-hydrogen) atoms. The molecule has 0 radical (unpaired) electrons. The van der Waals surface area contributed by atoms with Crippen LogP contribution < -0.4 is 0 Å². The summed E-state index contributed by atoms with van der Waals surface area (Å²) < 4.78 is 0. The summed E-state index contributed by atoms with van der Waals surface area (Å²) in [4.78, 5) is 14.5. The highest BCUT2D eigenvalue weighted by atomic mass is 16.6. The van der Waals surface area contributed by atoms with Gasteiger partial charge >= 0.3 is 0 Å². The van der Waals surface area contributed by atoms with E-state index in [9.17, 15) is 10.1 Å². The summed E-state index contributed by atoms with van der Waals surface area (Å²) in [6.07, 6.45) is 2.27. The van der Waals surface area contributed by atoms with Crippen LogP contribution in [0.15, 0.2) is 18.3 Å². The third-order valence-electron chi connectivity index (χ3n) is 2.94. The van der Waals surface area contributed by atoms with Crippen molar-refractivity contribution >= 4 is 16.6 Å². The molecule has 0 spiro atoms. The van der Waals surface area contributed by atoms with Crippen LogP contribution in [0.25, 0.3) is 10.9 Å². The van der Waals surface area contributed by atoms with Gasteiger partial charge in [-0.1, -0.05) is 6.07 Å². The minimum absolute atomic E-state index is 0.110. The SMILES string of the molecule is Cc1c([N+](=O)[O-])cnc2cc3cc(c12)C3. The molecule has 0 fully saturated rings. The van der Waals surface area contributed by atoms with Crippen LogP contribution in [-0.4, -0.2) is 9.91 Å². The predicted molar refractivity (Wildman–Crippen MR) is 55.9 cm³/mol. The molecule has 0 aliphatic heterocycles. The topological polar surface area (TPSA) is 56.0 Å². The Morgan fingerprint density at radius 2 is 2.20 bits per heavy atom. The Bertz CT molecular complexity index is 605. The zero-order valence-electron chi connectivity index (χ0n) is 8.15. The number of benzene rings is 1. The lowest BCUT2D eigenvalue weighted by atomic mass is 9.87. The maximum absolute atomic E-state index is 10.8. The van der Waals surface area contributed by atoms with Crippen molar-refractivity contribution in [2.75, 3.05) is 0 Å². The van der Waals surface area contributed by atoms with Crippen LogP contribution in [-0.2, 0) is 6.42 Å². The number of hydrogen-bond donors (Lipinski definition) is 0. The van der Waals surface area contributed by atoms with Gasteiger partial charge in [0.25, 0.3) is 5.69 Å². The van der Waals surface area contributed by atoms with Crippen LogP contribution in [0.5, 0.6) is 0 Å². The zero-order valence-corrected chi connectivity index (χ0v) is 8.15. The highest BCUT2D eigenvalue weighted by Crippen LogP contribution is 2.35. The molecular weight excluding hydrogens is 192 g/mol. The maximum Gasteiger partial charge on any atom is 0.291 e. The van der Waals surface area contributed by atoms with Gasteiger partial charge in [0.15, 0.2) is 0 Å². The number of aromatic nitrogens is 1. The van der Waals surface area contributed by atoms with Crippen molar-refractivity contribution in [3.63, 3.8) is 0 Å². The summed E-state index contributed by atoms with van der Waals surface area (Å²) in [6, 6.07) is 4.07. The minimum atomic E-state index is -0.374. The molecule has 4 rings (SSSR count). The molecule has 0 amide bonds. The summed E-state index contributed by atoms with van der Waals surface area (Å²) in [5.41, 5.74) is 4.15. The fourth-order valence-corrected chi connectivity index (χ4v) is 2.15. The molecule has 0 saturated carbocycles. The molecule has 4 heteroatoms. The van der Waals surface area contributed by atoms with E-state index in [0.717, 1.165) is 22.9 Å². The highest BCUT2D eigenvalue weighted by molar-refractivity contribution is 5.91. The second-order valence-electron chi connectivity index (χ2n) is 3.85. The van der Waals surface area contributed by atoms with Gasteiger partial charge < -0.3 is 0 Å². The number of rotatable bonds is 1. The molecule has 0 N–H and O–H groups in total. The molecule has 1 heterocycles. The minimum Gasteiger partial charge on any atom is -0.258 e. The molecule has 2 aliphatic carbocycles. The third-order valence-corrected chi connectivity index (χ3v) is 2.94. The lowest BCUT2D eigenvalue weighted by Crippen LogP contribution is -2.05. The van der Waals surface area contributed by atoms with Gasteiger partial charge in [-0.25, -0.2) is 4.98 Å². The Morgan fingerprint density at radius 1 is 1.47 bits per heavy atom. The molecule has 1 aromatic carbocycles. The lowest BCUT2D eigenvalue weighted by Gasteiger charge is -2.18. The molecule has 0 saturated heterocycles. The lowest BCUT2D eigenvalue weighted by molar-refractivity contribution is -0.385. The van der Waals surface area contributed by atoms with Gasteiger partial charge in [0.05, 0.1) is 10.4 Å². The molecular formula is C11H8N2O2. The summed E-state index contributed by atoms with van der Waals surface area (Å²) in [6.45, 7) is 1.79. The van der Waals surface area contributed by atoms with Gasteiger partial charge in [-0.3, -0.25) is 10.1 Å². The Hall–Kier alpha value is -1.97. The van der Waals surface area contributed by atoms with Crippen LogP contribution in [0.1, 0.15) is 16.7 Å². The monoisotopic (exact) mass is 200 g/mol. The quantitative estimate of drug-likeness (QED) is 0.447. The number of nitrogens with zero attached hydrogens (tertiary/aromatic N) is 2. The fraction of sp³-hybridized carbons (Fsp3) is 0.182. The van der Waals surface area contributed by atoms with Gasteiger partial charge in [0.2, 0.25) is 0 Å². The van der Waals surface area contributed by atoms with Crippen LogP contribution in [0.3, 0.4) is 0 Å². The van der Waals surface area contributed by atoms with Gasteiger partial charge in [-0.15, -0.1) is 0 Å². The average Bonchev–Trinajstić information content (AvgIpc) is 2.15. The zero-order chi connectivity index (χ0) is 10.6. The van der Waals surface area contributed by atoms with Crippen molar-refractivity contribution in [3.8, 4) is 0 Å². The third kappa shape index (κ3) is 0.986. The Kier molecular flexibility index (Phi) is 1.41. The average molecular weight is 200 g/mol. The van der Waals surface area contributed by atoms with Gasteiger partial charge in [-0.05, 0) is 30.5 Å². The van der Waals surface area contributed by atoms with Crippen molar-refractivity contribution in [1.29, 1.82) is 0 Å². The highest BCUT2D eigenvalue weighted by Gasteiger charge is 2.21. The van der Waals surface area contributed by atoms with Crippen LogP contribution in [0.4, 0.5) is 5.69 Å². The molecule has 1 aromatic heterocycles. The van der Waals surface area contributed by atoms with Crippen molar-refractivity contribution in [2.45, 2.75) is 13.3 Å². The Labute approximate surface area is 85.7 Å².